The van der Waals surface area contributed by atoms with Gasteiger partial charge in [0.25, 0.3) is 0 Å². The highest BCUT2D eigenvalue weighted by Crippen LogP contribution is 2.36. The highest BCUT2D eigenvalue weighted by Gasteiger charge is 2.20. The number of ether oxygens (including phenoxy) is 3. The molecule has 0 radical (unpaired) electrons. The zero-order chi connectivity index (χ0) is 21.8. The van der Waals surface area contributed by atoms with Crippen LogP contribution in [-0.2, 0) is 6.42 Å². The molecule has 0 saturated carbocycles. The predicted molar refractivity (Wildman–Crippen MR) is 123 cm³/mol. The largest absolute Gasteiger partial charge is 0.497 e. The Morgan fingerprint density at radius 2 is 1.10 bits per heavy atom. The lowest BCUT2D eigenvalue weighted by Gasteiger charge is -2.11. The summed E-state index contributed by atoms with van der Waals surface area (Å²) in [7, 11) is 5.02. The molecule has 0 unspecified atom stereocenters. The molecule has 0 spiro atoms. The fraction of sp³-hybridized carbons (Fsp3) is 0.192. The van der Waals surface area contributed by atoms with Crippen LogP contribution in [0.4, 0.5) is 0 Å². The van der Waals surface area contributed by atoms with E-state index < -0.39 is 0 Å². The van der Waals surface area contributed by atoms with E-state index in [2.05, 4.69) is 31.2 Å². The quantitative estimate of drug-likeness (QED) is 0.384. The van der Waals surface area contributed by atoms with E-state index in [0.29, 0.717) is 0 Å². The zero-order valence-corrected chi connectivity index (χ0v) is 18.3. The molecule has 4 rings (SSSR count). The van der Waals surface area contributed by atoms with Crippen molar-refractivity contribution in [2.24, 2.45) is 0 Å². The van der Waals surface area contributed by atoms with E-state index in [0.717, 1.165) is 51.9 Å². The highest BCUT2D eigenvalue weighted by atomic mass is 16.5. The average molecular weight is 415 g/mol. The van der Waals surface area contributed by atoms with E-state index in [9.17, 15) is 0 Å². The van der Waals surface area contributed by atoms with Crippen molar-refractivity contribution >= 4 is 0 Å². The summed E-state index contributed by atoms with van der Waals surface area (Å²) in [4.78, 5) is 0. The molecule has 5 heteroatoms. The Hall–Kier alpha value is -3.73. The normalized spacial score (nSPS) is 10.7. The fourth-order valence-electron chi connectivity index (χ4n) is 3.72. The SMILES string of the molecule is CCc1c(-c2ccc(OC)cc2)nn(-c2ccc(OC)cc2)c1-c1ccc(OC)cc1. The van der Waals surface area contributed by atoms with E-state index in [4.69, 9.17) is 19.3 Å². The number of methoxy groups -OCH3 is 3. The van der Waals surface area contributed by atoms with Crippen LogP contribution in [0.1, 0.15) is 12.5 Å². The summed E-state index contributed by atoms with van der Waals surface area (Å²) in [5.74, 6) is 2.47. The van der Waals surface area contributed by atoms with Gasteiger partial charge in [-0.1, -0.05) is 6.92 Å². The zero-order valence-electron chi connectivity index (χ0n) is 18.3. The third kappa shape index (κ3) is 3.99. The molecule has 1 heterocycles. The van der Waals surface area contributed by atoms with E-state index in [1.807, 2.05) is 53.2 Å². The van der Waals surface area contributed by atoms with Gasteiger partial charge in [-0.05, 0) is 79.2 Å². The molecule has 0 bridgehead atoms. The van der Waals surface area contributed by atoms with E-state index >= 15 is 0 Å². The number of rotatable bonds is 7. The Kier molecular flexibility index (Phi) is 5.94. The second-order valence-corrected chi connectivity index (χ2v) is 7.10. The van der Waals surface area contributed by atoms with E-state index in [-0.39, 0.29) is 0 Å². The van der Waals surface area contributed by atoms with Gasteiger partial charge in [-0.15, -0.1) is 0 Å². The number of benzene rings is 3. The van der Waals surface area contributed by atoms with Gasteiger partial charge in [-0.2, -0.15) is 5.10 Å². The van der Waals surface area contributed by atoms with Crippen LogP contribution in [0.25, 0.3) is 28.2 Å². The van der Waals surface area contributed by atoms with Crippen molar-refractivity contribution < 1.29 is 14.2 Å². The van der Waals surface area contributed by atoms with Crippen LogP contribution in [0.5, 0.6) is 17.2 Å². The van der Waals surface area contributed by atoms with Crippen LogP contribution < -0.4 is 14.2 Å². The number of hydrogen-bond donors (Lipinski definition) is 0. The molecular weight excluding hydrogens is 388 g/mol. The smallest absolute Gasteiger partial charge is 0.119 e. The van der Waals surface area contributed by atoms with Gasteiger partial charge in [0.15, 0.2) is 0 Å². The molecule has 0 fully saturated rings. The Morgan fingerprint density at radius 3 is 1.55 bits per heavy atom. The standard InChI is InChI=1S/C26H26N2O3/c1-5-24-25(18-6-12-21(29-2)13-7-18)27-28(20-10-16-23(31-4)17-11-20)26(24)19-8-14-22(30-3)15-9-19/h6-17H,5H2,1-4H3. The van der Waals surface area contributed by atoms with Crippen molar-refractivity contribution in [1.82, 2.24) is 9.78 Å². The van der Waals surface area contributed by atoms with Crippen LogP contribution >= 0.6 is 0 Å². The van der Waals surface area contributed by atoms with Gasteiger partial charge < -0.3 is 14.2 Å². The molecule has 1 aromatic heterocycles. The molecule has 0 N–H and O–H groups in total. The maximum atomic E-state index is 5.35. The van der Waals surface area contributed by atoms with Gasteiger partial charge >= 0.3 is 0 Å². The van der Waals surface area contributed by atoms with Crippen molar-refractivity contribution in [2.45, 2.75) is 13.3 Å². The highest BCUT2D eigenvalue weighted by molar-refractivity contribution is 5.76. The first kappa shape index (κ1) is 20.5. The molecule has 5 nitrogen and oxygen atoms in total. The fourth-order valence-corrected chi connectivity index (χ4v) is 3.72. The van der Waals surface area contributed by atoms with Gasteiger partial charge in [-0.25, -0.2) is 4.68 Å². The Balaban J connectivity index is 1.92. The summed E-state index contributed by atoms with van der Waals surface area (Å²) in [5.41, 5.74) is 6.33. The minimum Gasteiger partial charge on any atom is -0.497 e. The van der Waals surface area contributed by atoms with Gasteiger partial charge in [0.05, 0.1) is 38.4 Å². The van der Waals surface area contributed by atoms with Crippen LogP contribution in [0, 0.1) is 0 Å². The monoisotopic (exact) mass is 414 g/mol. The molecule has 31 heavy (non-hydrogen) atoms. The Labute approximate surface area is 182 Å². The molecule has 0 aliphatic carbocycles. The van der Waals surface area contributed by atoms with Crippen molar-refractivity contribution in [3.8, 4) is 45.5 Å². The third-order valence-electron chi connectivity index (χ3n) is 5.38. The first-order valence-corrected chi connectivity index (χ1v) is 10.2. The Morgan fingerprint density at radius 1 is 0.645 bits per heavy atom. The topological polar surface area (TPSA) is 45.5 Å². The maximum absolute atomic E-state index is 5.35. The average Bonchev–Trinajstić information content (AvgIpc) is 3.23. The molecule has 0 saturated heterocycles. The van der Waals surface area contributed by atoms with Crippen molar-refractivity contribution in [3.05, 3.63) is 78.4 Å². The van der Waals surface area contributed by atoms with Gasteiger partial charge in [0.2, 0.25) is 0 Å². The summed E-state index contributed by atoms with van der Waals surface area (Å²) < 4.78 is 18.0. The molecule has 0 atom stereocenters. The molecule has 3 aromatic carbocycles. The second kappa shape index (κ2) is 8.96. The van der Waals surface area contributed by atoms with Crippen molar-refractivity contribution in [1.29, 1.82) is 0 Å². The second-order valence-electron chi connectivity index (χ2n) is 7.10. The predicted octanol–water partition coefficient (Wildman–Crippen LogP) is 5.79. The summed E-state index contributed by atoms with van der Waals surface area (Å²) in [6.07, 6.45) is 0.846. The van der Waals surface area contributed by atoms with Gasteiger partial charge in [-0.3, -0.25) is 0 Å². The summed E-state index contributed by atoms with van der Waals surface area (Å²) in [6, 6.07) is 24.1. The number of nitrogens with zero attached hydrogens (tertiary/aromatic N) is 2. The Bertz CT molecular complexity index is 1150. The van der Waals surface area contributed by atoms with Crippen molar-refractivity contribution in [2.75, 3.05) is 21.3 Å². The first-order chi connectivity index (χ1) is 15.2. The van der Waals surface area contributed by atoms with Gasteiger partial charge in [0.1, 0.15) is 17.2 Å². The van der Waals surface area contributed by atoms with E-state index in [1.165, 1.54) is 5.56 Å². The molecule has 0 amide bonds. The molecule has 158 valence electrons. The minimum absolute atomic E-state index is 0.813. The van der Waals surface area contributed by atoms with Crippen LogP contribution in [0.2, 0.25) is 0 Å². The maximum Gasteiger partial charge on any atom is 0.119 e. The van der Waals surface area contributed by atoms with Crippen molar-refractivity contribution in [3.63, 3.8) is 0 Å². The van der Waals surface area contributed by atoms with Crippen LogP contribution in [-0.4, -0.2) is 31.1 Å². The third-order valence-corrected chi connectivity index (χ3v) is 5.38. The summed E-state index contributed by atoms with van der Waals surface area (Å²) in [6.45, 7) is 2.16. The molecule has 4 aromatic rings. The van der Waals surface area contributed by atoms with Gasteiger partial charge in [0, 0.05) is 16.7 Å². The molecule has 0 aliphatic heterocycles. The van der Waals surface area contributed by atoms with Crippen LogP contribution in [0.3, 0.4) is 0 Å². The number of aromatic nitrogens is 2. The van der Waals surface area contributed by atoms with E-state index in [1.54, 1.807) is 21.3 Å². The lowest BCUT2D eigenvalue weighted by molar-refractivity contribution is 0.414. The van der Waals surface area contributed by atoms with Crippen LogP contribution in [0.15, 0.2) is 72.8 Å². The lowest BCUT2D eigenvalue weighted by Crippen LogP contribution is -2.00. The summed E-state index contributed by atoms with van der Waals surface area (Å²) >= 11 is 0. The molecule has 0 aliphatic rings. The minimum atomic E-state index is 0.813. The number of hydrogen-bond acceptors (Lipinski definition) is 4. The lowest BCUT2D eigenvalue weighted by atomic mass is 9.99. The molecular formula is C26H26N2O3. The first-order valence-electron chi connectivity index (χ1n) is 10.2. The summed E-state index contributed by atoms with van der Waals surface area (Å²) in [5, 5.41) is 5.06.